The number of amides is 1. The summed E-state index contributed by atoms with van der Waals surface area (Å²) in [4.78, 5) is 12.0. The number of benzene rings is 2. The third-order valence-corrected chi connectivity index (χ3v) is 2.90. The van der Waals surface area contributed by atoms with Gasteiger partial charge in [0.2, 0.25) is 0 Å². The highest BCUT2D eigenvalue weighted by Crippen LogP contribution is 2.23. The van der Waals surface area contributed by atoms with E-state index in [1.165, 1.54) is 24.3 Å². The second-order valence-corrected chi connectivity index (χ2v) is 4.49. The Kier molecular flexibility index (Phi) is 3.51. The fraction of sp³-hybridized carbons (Fsp3) is 0.133. The van der Waals surface area contributed by atoms with Crippen LogP contribution in [0, 0.1) is 19.7 Å². The Morgan fingerprint density at radius 1 is 1.11 bits per heavy atom. The lowest BCUT2D eigenvalue weighted by atomic mass is 10.1. The standard InChI is InChI=1S/C15H15FN2O/c1-9-7-13(17)8-10(2)14(9)18-15(19)11-3-5-12(16)6-4-11/h3-8H,17H2,1-2H3,(H,18,19). The lowest BCUT2D eigenvalue weighted by Crippen LogP contribution is -2.14. The van der Waals surface area contributed by atoms with Crippen LogP contribution in [0.1, 0.15) is 21.5 Å². The summed E-state index contributed by atoms with van der Waals surface area (Å²) >= 11 is 0. The molecule has 4 heteroatoms. The number of carbonyl (C=O) groups excluding carboxylic acids is 1. The highest BCUT2D eigenvalue weighted by Gasteiger charge is 2.10. The number of anilines is 2. The fourth-order valence-corrected chi connectivity index (χ4v) is 1.98. The first-order valence-electron chi connectivity index (χ1n) is 5.91. The number of carbonyl (C=O) groups is 1. The van der Waals surface area contributed by atoms with Gasteiger partial charge in [-0.3, -0.25) is 4.79 Å². The van der Waals surface area contributed by atoms with Crippen molar-refractivity contribution >= 4 is 17.3 Å². The van der Waals surface area contributed by atoms with Crippen molar-refractivity contribution in [1.29, 1.82) is 0 Å². The van der Waals surface area contributed by atoms with Gasteiger partial charge in [-0.05, 0) is 61.4 Å². The third kappa shape index (κ3) is 2.91. The van der Waals surface area contributed by atoms with Crippen LogP contribution in [0.25, 0.3) is 0 Å². The number of hydrogen-bond donors (Lipinski definition) is 2. The molecular formula is C15H15FN2O. The zero-order valence-corrected chi connectivity index (χ0v) is 10.8. The maximum Gasteiger partial charge on any atom is 0.255 e. The van der Waals surface area contributed by atoms with E-state index in [0.717, 1.165) is 16.8 Å². The third-order valence-electron chi connectivity index (χ3n) is 2.90. The monoisotopic (exact) mass is 258 g/mol. The lowest BCUT2D eigenvalue weighted by molar-refractivity contribution is 0.102. The van der Waals surface area contributed by atoms with Crippen molar-refractivity contribution in [2.75, 3.05) is 11.1 Å². The summed E-state index contributed by atoms with van der Waals surface area (Å²) in [7, 11) is 0. The molecule has 2 aromatic rings. The number of aryl methyl sites for hydroxylation is 2. The van der Waals surface area contributed by atoms with Crippen LogP contribution in [-0.4, -0.2) is 5.91 Å². The first-order valence-corrected chi connectivity index (χ1v) is 5.91. The van der Waals surface area contributed by atoms with Gasteiger partial charge in [0.15, 0.2) is 0 Å². The SMILES string of the molecule is Cc1cc(N)cc(C)c1NC(=O)c1ccc(F)cc1. The zero-order chi connectivity index (χ0) is 14.0. The van der Waals surface area contributed by atoms with Gasteiger partial charge in [-0.25, -0.2) is 4.39 Å². The number of rotatable bonds is 2. The Labute approximate surface area is 111 Å². The maximum atomic E-state index is 12.8. The van der Waals surface area contributed by atoms with Crippen LogP contribution in [0.4, 0.5) is 15.8 Å². The van der Waals surface area contributed by atoms with Gasteiger partial charge < -0.3 is 11.1 Å². The minimum Gasteiger partial charge on any atom is -0.399 e. The summed E-state index contributed by atoms with van der Waals surface area (Å²) in [5.74, 6) is -0.632. The Balaban J connectivity index is 2.26. The van der Waals surface area contributed by atoms with Gasteiger partial charge >= 0.3 is 0 Å². The first-order chi connectivity index (χ1) is 8.97. The molecule has 0 aliphatic rings. The number of nitrogens with two attached hydrogens (primary N) is 1. The molecule has 0 radical (unpaired) electrons. The minimum atomic E-state index is -0.364. The number of nitrogen functional groups attached to an aromatic ring is 1. The number of nitrogens with one attached hydrogen (secondary N) is 1. The lowest BCUT2D eigenvalue weighted by Gasteiger charge is -2.12. The van der Waals surface area contributed by atoms with Crippen molar-refractivity contribution in [3.8, 4) is 0 Å². The molecule has 0 heterocycles. The van der Waals surface area contributed by atoms with Crippen LogP contribution >= 0.6 is 0 Å². The van der Waals surface area contributed by atoms with Crippen LogP contribution < -0.4 is 11.1 Å². The highest BCUT2D eigenvalue weighted by atomic mass is 19.1. The Morgan fingerprint density at radius 3 is 2.16 bits per heavy atom. The maximum absolute atomic E-state index is 12.8. The van der Waals surface area contributed by atoms with Crippen molar-refractivity contribution in [2.45, 2.75) is 13.8 Å². The van der Waals surface area contributed by atoms with E-state index in [0.29, 0.717) is 11.3 Å². The van der Waals surface area contributed by atoms with Crippen LogP contribution in [0.15, 0.2) is 36.4 Å². The highest BCUT2D eigenvalue weighted by molar-refractivity contribution is 6.05. The van der Waals surface area contributed by atoms with E-state index in [4.69, 9.17) is 5.73 Å². The average Bonchev–Trinajstić information content (AvgIpc) is 2.34. The van der Waals surface area contributed by atoms with Gasteiger partial charge in [0.05, 0.1) is 0 Å². The summed E-state index contributed by atoms with van der Waals surface area (Å²) in [6.07, 6.45) is 0. The van der Waals surface area contributed by atoms with Crippen molar-refractivity contribution in [3.05, 3.63) is 58.9 Å². The molecule has 0 bridgehead atoms. The normalized spacial score (nSPS) is 10.3. The van der Waals surface area contributed by atoms with E-state index in [9.17, 15) is 9.18 Å². The van der Waals surface area contributed by atoms with Crippen LogP contribution in [-0.2, 0) is 0 Å². The minimum absolute atomic E-state index is 0.268. The predicted molar refractivity (Wildman–Crippen MR) is 74.7 cm³/mol. The van der Waals surface area contributed by atoms with Crippen LogP contribution in [0.2, 0.25) is 0 Å². The summed E-state index contributed by atoms with van der Waals surface area (Å²) in [5, 5.41) is 2.82. The largest absolute Gasteiger partial charge is 0.399 e. The molecule has 0 spiro atoms. The summed E-state index contributed by atoms with van der Waals surface area (Å²) < 4.78 is 12.8. The molecule has 2 aromatic carbocycles. The Morgan fingerprint density at radius 2 is 1.63 bits per heavy atom. The van der Waals surface area contributed by atoms with Gasteiger partial charge in [0, 0.05) is 16.9 Å². The van der Waals surface area contributed by atoms with E-state index >= 15 is 0 Å². The van der Waals surface area contributed by atoms with Crippen molar-refractivity contribution in [3.63, 3.8) is 0 Å². The van der Waals surface area contributed by atoms with E-state index in [1.54, 1.807) is 12.1 Å². The number of halogens is 1. The predicted octanol–water partition coefficient (Wildman–Crippen LogP) is 3.28. The second kappa shape index (κ2) is 5.10. The molecule has 3 N–H and O–H groups in total. The van der Waals surface area contributed by atoms with E-state index < -0.39 is 0 Å². The molecule has 0 aromatic heterocycles. The first kappa shape index (κ1) is 13.1. The molecule has 0 fully saturated rings. The van der Waals surface area contributed by atoms with E-state index in [-0.39, 0.29) is 11.7 Å². The van der Waals surface area contributed by atoms with Gasteiger partial charge in [0.1, 0.15) is 5.82 Å². The van der Waals surface area contributed by atoms with Gasteiger partial charge in [-0.1, -0.05) is 0 Å². The Hall–Kier alpha value is -2.36. The number of hydrogen-bond acceptors (Lipinski definition) is 2. The molecule has 2 rings (SSSR count). The van der Waals surface area contributed by atoms with Crippen LogP contribution in [0.3, 0.4) is 0 Å². The van der Waals surface area contributed by atoms with Crippen molar-refractivity contribution in [2.24, 2.45) is 0 Å². The molecule has 3 nitrogen and oxygen atoms in total. The molecule has 98 valence electrons. The van der Waals surface area contributed by atoms with Gasteiger partial charge in [-0.2, -0.15) is 0 Å². The molecule has 0 unspecified atom stereocenters. The molecule has 19 heavy (non-hydrogen) atoms. The summed E-state index contributed by atoms with van der Waals surface area (Å²) in [6.45, 7) is 3.76. The molecule has 0 aliphatic carbocycles. The molecule has 1 amide bonds. The quantitative estimate of drug-likeness (QED) is 0.812. The molecule has 0 atom stereocenters. The molecule has 0 saturated heterocycles. The Bertz CT molecular complexity index is 598. The van der Waals surface area contributed by atoms with Gasteiger partial charge in [-0.15, -0.1) is 0 Å². The summed E-state index contributed by atoms with van der Waals surface area (Å²) in [5.41, 5.74) is 9.34. The zero-order valence-electron chi connectivity index (χ0n) is 10.8. The van der Waals surface area contributed by atoms with Crippen LogP contribution in [0.5, 0.6) is 0 Å². The van der Waals surface area contributed by atoms with Crippen molar-refractivity contribution < 1.29 is 9.18 Å². The summed E-state index contributed by atoms with van der Waals surface area (Å²) in [6, 6.07) is 9.02. The van der Waals surface area contributed by atoms with E-state index in [1.807, 2.05) is 13.8 Å². The van der Waals surface area contributed by atoms with E-state index in [2.05, 4.69) is 5.32 Å². The van der Waals surface area contributed by atoms with Crippen molar-refractivity contribution in [1.82, 2.24) is 0 Å². The topological polar surface area (TPSA) is 55.1 Å². The smallest absolute Gasteiger partial charge is 0.255 e. The molecular weight excluding hydrogens is 243 g/mol. The average molecular weight is 258 g/mol. The van der Waals surface area contributed by atoms with Gasteiger partial charge in [0.25, 0.3) is 5.91 Å². The second-order valence-electron chi connectivity index (χ2n) is 4.49. The fourth-order valence-electron chi connectivity index (χ4n) is 1.98. The molecule has 0 saturated carbocycles. The molecule has 0 aliphatic heterocycles.